The number of nitrogens with zero attached hydrogens (tertiary/aromatic N) is 4. The second-order valence-corrected chi connectivity index (χ2v) is 6.50. The lowest BCUT2D eigenvalue weighted by atomic mass is 10.1. The summed E-state index contributed by atoms with van der Waals surface area (Å²) in [5, 5.41) is 29.2. The van der Waals surface area contributed by atoms with E-state index in [-0.39, 0.29) is 24.0 Å². The Bertz CT molecular complexity index is 1300. The van der Waals surface area contributed by atoms with Gasteiger partial charge >= 0.3 is 0 Å². The Morgan fingerprint density at radius 1 is 1.16 bits per heavy atom. The number of aromatic amines is 2. The molecule has 0 aliphatic heterocycles. The molecule has 0 unspecified atom stereocenters. The number of benzene rings is 2. The Labute approximate surface area is 175 Å². The molecule has 4 aromatic rings. The quantitative estimate of drug-likeness (QED) is 0.374. The van der Waals surface area contributed by atoms with Crippen LogP contribution in [0.1, 0.15) is 16.1 Å². The Morgan fingerprint density at radius 3 is 2.77 bits per heavy atom. The largest absolute Gasteiger partial charge is 0.375 e. The van der Waals surface area contributed by atoms with Gasteiger partial charge in [-0.2, -0.15) is 10.5 Å². The van der Waals surface area contributed by atoms with Gasteiger partial charge in [-0.1, -0.05) is 12.1 Å². The molecule has 0 radical (unpaired) electrons. The number of rotatable bonds is 6. The highest BCUT2D eigenvalue weighted by atomic mass is 16.5. The molecule has 4 N–H and O–H groups in total. The Balaban J connectivity index is 1.64. The Kier molecular flexibility index (Phi) is 5.37. The Morgan fingerprint density at radius 2 is 2.03 bits per heavy atom. The van der Waals surface area contributed by atoms with Crippen LogP contribution in [0.25, 0.3) is 22.3 Å². The average molecular weight is 416 g/mol. The van der Waals surface area contributed by atoms with Crippen molar-refractivity contribution in [2.45, 2.75) is 0 Å². The number of para-hydroxylation sites is 1. The van der Waals surface area contributed by atoms with Crippen molar-refractivity contribution >= 4 is 34.1 Å². The van der Waals surface area contributed by atoms with Gasteiger partial charge in [0, 0.05) is 18.1 Å². The number of anilines is 2. The molecular weight excluding hydrogens is 400 g/mol. The van der Waals surface area contributed by atoms with E-state index in [1.807, 2.05) is 12.1 Å². The maximum Gasteiger partial charge on any atom is 0.272 e. The fourth-order valence-corrected chi connectivity index (χ4v) is 3.07. The third-order valence-corrected chi connectivity index (χ3v) is 4.43. The van der Waals surface area contributed by atoms with Crippen molar-refractivity contribution in [1.82, 2.24) is 25.6 Å². The van der Waals surface area contributed by atoms with Gasteiger partial charge in [-0.15, -0.1) is 10.2 Å². The number of nitrogens with one attached hydrogen (secondary N) is 4. The van der Waals surface area contributed by atoms with Crippen molar-refractivity contribution in [3.05, 3.63) is 53.7 Å². The first-order chi connectivity index (χ1) is 15.1. The van der Waals surface area contributed by atoms with Gasteiger partial charge in [0.15, 0.2) is 0 Å². The molecule has 0 bridgehead atoms. The average Bonchev–Trinajstić information content (AvgIpc) is 3.45. The summed E-state index contributed by atoms with van der Waals surface area (Å²) in [6, 6.07) is 13.8. The fourth-order valence-electron chi connectivity index (χ4n) is 3.07. The van der Waals surface area contributed by atoms with E-state index in [1.54, 1.807) is 36.4 Å². The van der Waals surface area contributed by atoms with Crippen molar-refractivity contribution < 1.29 is 14.3 Å². The molecule has 11 nitrogen and oxygen atoms in total. The zero-order valence-electron chi connectivity index (χ0n) is 16.3. The summed E-state index contributed by atoms with van der Waals surface area (Å²) in [7, 11) is 1.43. The summed E-state index contributed by atoms with van der Waals surface area (Å²) < 4.78 is 4.83. The molecule has 154 valence electrons. The lowest BCUT2D eigenvalue weighted by molar-refractivity contribution is -0.119. The standard InChI is InChI=1S/C20H16N8O3/c1-31-10-17(29)22-15-4-2-3-12-8-16(23-18(12)15)20(30)24-14-6-5-11(9-21)7-13(14)19-25-27-28-26-19/h2-8,23H,10H2,1H3,(H,22,29)(H,24,30)(H,25,26,27,28). The second-order valence-electron chi connectivity index (χ2n) is 6.50. The number of fused-ring (bicyclic) bond motifs is 1. The minimum absolute atomic E-state index is 0.0814. The van der Waals surface area contributed by atoms with Gasteiger partial charge in [0.1, 0.15) is 12.3 Å². The zero-order chi connectivity index (χ0) is 21.8. The van der Waals surface area contributed by atoms with Gasteiger partial charge in [-0.25, -0.2) is 0 Å². The lowest BCUT2D eigenvalue weighted by Crippen LogP contribution is -2.17. The number of amides is 2. The smallest absolute Gasteiger partial charge is 0.272 e. The molecule has 2 amide bonds. The molecule has 2 aromatic carbocycles. The fraction of sp³-hybridized carbons (Fsp3) is 0.100. The van der Waals surface area contributed by atoms with Crippen LogP contribution in [-0.4, -0.2) is 51.1 Å². The number of hydrogen-bond acceptors (Lipinski definition) is 7. The third-order valence-electron chi connectivity index (χ3n) is 4.43. The normalized spacial score (nSPS) is 10.6. The number of carbonyl (C=O) groups excluding carboxylic acids is 2. The van der Waals surface area contributed by atoms with Crippen LogP contribution in [-0.2, 0) is 9.53 Å². The van der Waals surface area contributed by atoms with Gasteiger partial charge in [-0.05, 0) is 35.5 Å². The summed E-state index contributed by atoms with van der Waals surface area (Å²) in [5.41, 5.74) is 2.67. The van der Waals surface area contributed by atoms with Crippen LogP contribution in [0.2, 0.25) is 0 Å². The first-order valence-electron chi connectivity index (χ1n) is 9.09. The third kappa shape index (κ3) is 4.09. The van der Waals surface area contributed by atoms with E-state index in [2.05, 4.69) is 36.2 Å². The van der Waals surface area contributed by atoms with E-state index in [0.29, 0.717) is 28.0 Å². The van der Waals surface area contributed by atoms with Gasteiger partial charge in [-0.3, -0.25) is 9.59 Å². The predicted molar refractivity (Wildman–Crippen MR) is 111 cm³/mol. The van der Waals surface area contributed by atoms with E-state index < -0.39 is 5.91 Å². The first-order valence-corrected chi connectivity index (χ1v) is 9.09. The highest BCUT2D eigenvalue weighted by molar-refractivity contribution is 6.09. The molecule has 0 spiro atoms. The van der Waals surface area contributed by atoms with Crippen LogP contribution >= 0.6 is 0 Å². The molecule has 31 heavy (non-hydrogen) atoms. The summed E-state index contributed by atoms with van der Waals surface area (Å²) in [5.74, 6) is -0.482. The number of H-pyrrole nitrogens is 2. The number of nitriles is 1. The number of aromatic nitrogens is 5. The van der Waals surface area contributed by atoms with Crippen LogP contribution in [0.3, 0.4) is 0 Å². The molecule has 2 aromatic heterocycles. The predicted octanol–water partition coefficient (Wildman–Crippen LogP) is 2.06. The lowest BCUT2D eigenvalue weighted by Gasteiger charge is -2.08. The van der Waals surface area contributed by atoms with E-state index in [4.69, 9.17) is 10.00 Å². The van der Waals surface area contributed by atoms with Crippen LogP contribution in [0.4, 0.5) is 11.4 Å². The highest BCUT2D eigenvalue weighted by Gasteiger charge is 2.17. The number of hydrogen-bond donors (Lipinski definition) is 4. The number of carbonyl (C=O) groups is 2. The molecule has 0 saturated carbocycles. The maximum absolute atomic E-state index is 12.9. The van der Waals surface area contributed by atoms with Crippen molar-refractivity contribution in [1.29, 1.82) is 5.26 Å². The summed E-state index contributed by atoms with van der Waals surface area (Å²) in [6.07, 6.45) is 0. The molecular formula is C20H16N8O3. The minimum Gasteiger partial charge on any atom is -0.375 e. The minimum atomic E-state index is -0.417. The molecule has 0 fully saturated rings. The zero-order valence-corrected chi connectivity index (χ0v) is 16.3. The van der Waals surface area contributed by atoms with Crippen LogP contribution in [0.15, 0.2) is 42.5 Å². The van der Waals surface area contributed by atoms with Crippen molar-refractivity contribution in [3.63, 3.8) is 0 Å². The SMILES string of the molecule is COCC(=O)Nc1cccc2cc(C(=O)Nc3ccc(C#N)cc3-c3nn[nH]n3)[nH]c12. The van der Waals surface area contributed by atoms with E-state index in [1.165, 1.54) is 7.11 Å². The number of tetrazole rings is 1. The van der Waals surface area contributed by atoms with Gasteiger partial charge in [0.05, 0.1) is 28.5 Å². The first kappa shape index (κ1) is 19.7. The van der Waals surface area contributed by atoms with E-state index >= 15 is 0 Å². The van der Waals surface area contributed by atoms with Crippen LogP contribution in [0, 0.1) is 11.3 Å². The van der Waals surface area contributed by atoms with Crippen LogP contribution < -0.4 is 10.6 Å². The van der Waals surface area contributed by atoms with Crippen molar-refractivity contribution in [2.75, 3.05) is 24.4 Å². The summed E-state index contributed by atoms with van der Waals surface area (Å²) in [4.78, 5) is 27.8. The second kappa shape index (κ2) is 8.44. The van der Waals surface area contributed by atoms with Gasteiger partial charge in [0.25, 0.3) is 5.91 Å². The summed E-state index contributed by atoms with van der Waals surface area (Å²) >= 11 is 0. The molecule has 11 heteroatoms. The monoisotopic (exact) mass is 416 g/mol. The highest BCUT2D eigenvalue weighted by Crippen LogP contribution is 2.28. The molecule has 0 saturated heterocycles. The van der Waals surface area contributed by atoms with Crippen molar-refractivity contribution in [3.8, 4) is 17.5 Å². The molecule has 0 aliphatic rings. The van der Waals surface area contributed by atoms with Gasteiger partial charge < -0.3 is 20.4 Å². The number of methoxy groups -OCH3 is 1. The maximum atomic E-state index is 12.9. The molecule has 4 rings (SSSR count). The van der Waals surface area contributed by atoms with Crippen LogP contribution in [0.5, 0.6) is 0 Å². The number of ether oxygens (including phenoxy) is 1. The Hall–Kier alpha value is -4.56. The van der Waals surface area contributed by atoms with E-state index in [0.717, 1.165) is 5.39 Å². The molecule has 0 atom stereocenters. The molecule has 2 heterocycles. The summed E-state index contributed by atoms with van der Waals surface area (Å²) in [6.45, 7) is -0.0814. The van der Waals surface area contributed by atoms with Gasteiger partial charge in [0.2, 0.25) is 11.7 Å². The van der Waals surface area contributed by atoms with E-state index in [9.17, 15) is 9.59 Å². The van der Waals surface area contributed by atoms with Crippen molar-refractivity contribution in [2.24, 2.45) is 0 Å². The topological polar surface area (TPSA) is 161 Å². The molecule has 0 aliphatic carbocycles.